The number of hydrogen-bond acceptors (Lipinski definition) is 4. The molecule has 0 aliphatic carbocycles. The van der Waals surface area contributed by atoms with Gasteiger partial charge in [-0.15, -0.1) is 12.4 Å². The fraction of sp³-hybridized carbons (Fsp3) is 0.450. The second kappa shape index (κ2) is 9.10. The Morgan fingerprint density at radius 3 is 2.85 bits per heavy atom. The number of ether oxygens (including phenoxy) is 1. The molecule has 5 nitrogen and oxygen atoms in total. The highest BCUT2D eigenvalue weighted by Crippen LogP contribution is 2.22. The number of hydrogen-bond donors (Lipinski definition) is 1. The SMILES string of the molecule is CNCC1CCN(C(=O)c2ccc(COc3ccc(C)cc3C)o2)C1.Cl. The van der Waals surface area contributed by atoms with Crippen LogP contribution in [0.5, 0.6) is 5.75 Å². The van der Waals surface area contributed by atoms with Crippen molar-refractivity contribution in [1.82, 2.24) is 10.2 Å². The van der Waals surface area contributed by atoms with Gasteiger partial charge >= 0.3 is 0 Å². The van der Waals surface area contributed by atoms with Crippen LogP contribution in [0.2, 0.25) is 0 Å². The van der Waals surface area contributed by atoms with Gasteiger partial charge in [-0.25, -0.2) is 0 Å². The third-order valence-corrected chi connectivity index (χ3v) is 4.64. The second-order valence-electron chi connectivity index (χ2n) is 6.79. The minimum Gasteiger partial charge on any atom is -0.485 e. The number of nitrogens with one attached hydrogen (secondary N) is 1. The van der Waals surface area contributed by atoms with Crippen molar-refractivity contribution < 1.29 is 13.9 Å². The van der Waals surface area contributed by atoms with Crippen molar-refractivity contribution in [3.05, 3.63) is 53.0 Å². The van der Waals surface area contributed by atoms with Crippen molar-refractivity contribution in [3.8, 4) is 5.75 Å². The summed E-state index contributed by atoms with van der Waals surface area (Å²) in [6.07, 6.45) is 1.04. The Balaban J connectivity index is 0.00000243. The monoisotopic (exact) mass is 378 g/mol. The molecule has 1 N–H and O–H groups in total. The highest BCUT2D eigenvalue weighted by atomic mass is 35.5. The first-order chi connectivity index (χ1) is 12.1. The van der Waals surface area contributed by atoms with E-state index in [1.807, 2.05) is 37.1 Å². The zero-order valence-electron chi connectivity index (χ0n) is 15.6. The average Bonchev–Trinajstić information content (AvgIpc) is 3.23. The maximum atomic E-state index is 12.5. The van der Waals surface area contributed by atoms with Crippen molar-refractivity contribution in [2.45, 2.75) is 26.9 Å². The molecule has 1 unspecified atom stereocenters. The summed E-state index contributed by atoms with van der Waals surface area (Å²) < 4.78 is 11.5. The molecular weight excluding hydrogens is 352 g/mol. The van der Waals surface area contributed by atoms with Crippen LogP contribution in [0.4, 0.5) is 0 Å². The fourth-order valence-corrected chi connectivity index (χ4v) is 3.31. The van der Waals surface area contributed by atoms with Gasteiger partial charge in [-0.05, 0) is 63.5 Å². The Hall–Kier alpha value is -1.98. The van der Waals surface area contributed by atoms with Gasteiger partial charge in [-0.2, -0.15) is 0 Å². The van der Waals surface area contributed by atoms with Gasteiger partial charge < -0.3 is 19.4 Å². The first-order valence-corrected chi connectivity index (χ1v) is 8.79. The molecule has 1 aliphatic heterocycles. The molecule has 1 aromatic heterocycles. The molecule has 0 saturated carbocycles. The Bertz CT molecular complexity index is 744. The summed E-state index contributed by atoms with van der Waals surface area (Å²) in [6, 6.07) is 9.63. The van der Waals surface area contributed by atoms with Gasteiger partial charge in [0.25, 0.3) is 5.91 Å². The molecule has 0 radical (unpaired) electrons. The van der Waals surface area contributed by atoms with Crippen molar-refractivity contribution in [3.63, 3.8) is 0 Å². The van der Waals surface area contributed by atoms with Crippen LogP contribution in [-0.2, 0) is 6.61 Å². The molecule has 0 spiro atoms. The van der Waals surface area contributed by atoms with Gasteiger partial charge in [0.05, 0.1) is 0 Å². The van der Waals surface area contributed by atoms with Crippen LogP contribution < -0.4 is 10.1 Å². The number of carbonyl (C=O) groups excluding carboxylic acids is 1. The van der Waals surface area contributed by atoms with Crippen LogP contribution in [0.1, 0.15) is 33.9 Å². The molecule has 0 bridgehead atoms. The molecule has 2 aromatic rings. The largest absolute Gasteiger partial charge is 0.485 e. The topological polar surface area (TPSA) is 54.7 Å². The van der Waals surface area contributed by atoms with E-state index >= 15 is 0 Å². The lowest BCUT2D eigenvalue weighted by Crippen LogP contribution is -2.30. The Morgan fingerprint density at radius 1 is 1.31 bits per heavy atom. The number of carbonyl (C=O) groups is 1. The summed E-state index contributed by atoms with van der Waals surface area (Å²) in [5, 5.41) is 3.18. The predicted octanol–water partition coefficient (Wildman–Crippen LogP) is 3.58. The Morgan fingerprint density at radius 2 is 2.12 bits per heavy atom. The summed E-state index contributed by atoms with van der Waals surface area (Å²) in [7, 11) is 1.94. The molecule has 1 amide bonds. The number of benzene rings is 1. The molecule has 1 aromatic carbocycles. The number of aryl methyl sites for hydroxylation is 2. The van der Waals surface area contributed by atoms with Crippen molar-refractivity contribution >= 4 is 18.3 Å². The van der Waals surface area contributed by atoms with E-state index in [1.165, 1.54) is 5.56 Å². The molecule has 1 saturated heterocycles. The van der Waals surface area contributed by atoms with E-state index in [1.54, 1.807) is 6.07 Å². The normalized spacial score (nSPS) is 16.4. The lowest BCUT2D eigenvalue weighted by Gasteiger charge is -2.15. The summed E-state index contributed by atoms with van der Waals surface area (Å²) in [5.41, 5.74) is 2.30. The third-order valence-electron chi connectivity index (χ3n) is 4.64. The first kappa shape index (κ1) is 20.3. The minimum atomic E-state index is -0.0311. The number of furan rings is 1. The van der Waals surface area contributed by atoms with Gasteiger partial charge in [0, 0.05) is 13.1 Å². The van der Waals surface area contributed by atoms with E-state index in [0.29, 0.717) is 24.0 Å². The molecule has 26 heavy (non-hydrogen) atoms. The Kier molecular flexibility index (Phi) is 7.12. The summed E-state index contributed by atoms with van der Waals surface area (Å²) in [6.45, 7) is 6.92. The summed E-state index contributed by atoms with van der Waals surface area (Å²) >= 11 is 0. The molecule has 3 rings (SSSR count). The molecular formula is C20H27ClN2O3. The van der Waals surface area contributed by atoms with Crippen LogP contribution in [-0.4, -0.2) is 37.5 Å². The van der Waals surface area contributed by atoms with E-state index in [4.69, 9.17) is 9.15 Å². The second-order valence-corrected chi connectivity index (χ2v) is 6.79. The van der Waals surface area contributed by atoms with E-state index in [2.05, 4.69) is 18.3 Å². The highest BCUT2D eigenvalue weighted by molar-refractivity contribution is 5.91. The Labute approximate surface area is 161 Å². The number of rotatable bonds is 6. The summed E-state index contributed by atoms with van der Waals surface area (Å²) in [4.78, 5) is 14.4. The molecule has 1 atom stereocenters. The highest BCUT2D eigenvalue weighted by Gasteiger charge is 2.28. The van der Waals surface area contributed by atoms with E-state index in [9.17, 15) is 4.79 Å². The van der Waals surface area contributed by atoms with Gasteiger partial charge in [-0.3, -0.25) is 4.79 Å². The molecule has 1 aliphatic rings. The fourth-order valence-electron chi connectivity index (χ4n) is 3.31. The third kappa shape index (κ3) is 4.80. The maximum Gasteiger partial charge on any atom is 0.289 e. The lowest BCUT2D eigenvalue weighted by atomic mass is 10.1. The molecule has 1 fully saturated rings. The van der Waals surface area contributed by atoms with Crippen LogP contribution in [0.3, 0.4) is 0 Å². The van der Waals surface area contributed by atoms with E-state index in [0.717, 1.165) is 37.4 Å². The first-order valence-electron chi connectivity index (χ1n) is 8.79. The number of amides is 1. The predicted molar refractivity (Wildman–Crippen MR) is 104 cm³/mol. The smallest absolute Gasteiger partial charge is 0.289 e. The van der Waals surface area contributed by atoms with E-state index in [-0.39, 0.29) is 18.3 Å². The van der Waals surface area contributed by atoms with Crippen LogP contribution in [0, 0.1) is 19.8 Å². The molecule has 142 valence electrons. The standard InChI is InChI=1S/C20H26N2O3.ClH/c1-14-4-6-18(15(2)10-14)24-13-17-5-7-19(25-17)20(23)22-9-8-16(12-22)11-21-3;/h4-7,10,16,21H,8-9,11-13H2,1-3H3;1H. The molecule has 2 heterocycles. The number of likely N-dealkylation sites (tertiary alicyclic amines) is 1. The van der Waals surface area contributed by atoms with Crippen LogP contribution in [0.15, 0.2) is 34.7 Å². The average molecular weight is 379 g/mol. The van der Waals surface area contributed by atoms with Crippen molar-refractivity contribution in [1.29, 1.82) is 0 Å². The van der Waals surface area contributed by atoms with Crippen molar-refractivity contribution in [2.24, 2.45) is 5.92 Å². The minimum absolute atomic E-state index is 0. The lowest BCUT2D eigenvalue weighted by molar-refractivity contribution is 0.0751. The van der Waals surface area contributed by atoms with Gasteiger partial charge in [0.15, 0.2) is 5.76 Å². The van der Waals surface area contributed by atoms with Crippen LogP contribution >= 0.6 is 12.4 Å². The quantitative estimate of drug-likeness (QED) is 0.834. The van der Waals surface area contributed by atoms with Gasteiger partial charge in [0.1, 0.15) is 18.1 Å². The van der Waals surface area contributed by atoms with Gasteiger partial charge in [-0.1, -0.05) is 17.7 Å². The zero-order valence-corrected chi connectivity index (χ0v) is 16.4. The van der Waals surface area contributed by atoms with Crippen LogP contribution in [0.25, 0.3) is 0 Å². The zero-order chi connectivity index (χ0) is 17.8. The van der Waals surface area contributed by atoms with Crippen molar-refractivity contribution in [2.75, 3.05) is 26.7 Å². The maximum absolute atomic E-state index is 12.5. The van der Waals surface area contributed by atoms with Gasteiger partial charge in [0.2, 0.25) is 0 Å². The molecule has 6 heteroatoms. The number of halogens is 1. The number of nitrogens with zero attached hydrogens (tertiary/aromatic N) is 1. The van der Waals surface area contributed by atoms with E-state index < -0.39 is 0 Å². The summed E-state index contributed by atoms with van der Waals surface area (Å²) in [5.74, 6) is 2.38.